The molecule has 0 atom stereocenters. The minimum absolute atomic E-state index is 0.0123. The maximum atomic E-state index is 13.3. The van der Waals surface area contributed by atoms with E-state index >= 15 is 0 Å². The molecular formula is C22H18N4O4S. The molecule has 0 aliphatic heterocycles. The first-order valence-electron chi connectivity index (χ1n) is 9.41. The monoisotopic (exact) mass is 434 g/mol. The summed E-state index contributed by atoms with van der Waals surface area (Å²) in [6.45, 7) is 0.307. The van der Waals surface area contributed by atoms with Gasteiger partial charge in [0.05, 0.1) is 29.7 Å². The van der Waals surface area contributed by atoms with E-state index in [-0.39, 0.29) is 18.0 Å². The number of nitro groups is 1. The van der Waals surface area contributed by atoms with E-state index in [1.807, 2.05) is 30.3 Å². The maximum absolute atomic E-state index is 13.3. The van der Waals surface area contributed by atoms with Crippen molar-refractivity contribution in [3.63, 3.8) is 0 Å². The summed E-state index contributed by atoms with van der Waals surface area (Å²) in [5.41, 5.74) is 2.24. The van der Waals surface area contributed by atoms with E-state index in [1.54, 1.807) is 36.5 Å². The second-order valence-corrected chi connectivity index (χ2v) is 7.75. The molecule has 0 bridgehead atoms. The summed E-state index contributed by atoms with van der Waals surface area (Å²) in [6.07, 6.45) is 3.47. The minimum Gasteiger partial charge on any atom is -0.494 e. The highest BCUT2D eigenvalue weighted by Gasteiger charge is 2.22. The van der Waals surface area contributed by atoms with Gasteiger partial charge in [0.15, 0.2) is 5.13 Å². The first-order valence-corrected chi connectivity index (χ1v) is 10.2. The summed E-state index contributed by atoms with van der Waals surface area (Å²) < 4.78 is 6.31. The second kappa shape index (κ2) is 8.88. The third-order valence-electron chi connectivity index (χ3n) is 4.69. The van der Waals surface area contributed by atoms with Crippen molar-refractivity contribution in [2.75, 3.05) is 12.0 Å². The highest BCUT2D eigenvalue weighted by atomic mass is 32.1. The van der Waals surface area contributed by atoms with E-state index in [2.05, 4.69) is 9.97 Å². The molecule has 0 saturated carbocycles. The van der Waals surface area contributed by atoms with Crippen molar-refractivity contribution in [3.05, 3.63) is 88.2 Å². The fourth-order valence-electron chi connectivity index (χ4n) is 3.13. The summed E-state index contributed by atoms with van der Waals surface area (Å²) >= 11 is 1.40. The molecule has 0 aliphatic carbocycles. The number of methoxy groups -OCH3 is 1. The molecule has 0 fully saturated rings. The van der Waals surface area contributed by atoms with Gasteiger partial charge in [-0.3, -0.25) is 24.8 Å². The van der Waals surface area contributed by atoms with Gasteiger partial charge in [-0.2, -0.15) is 0 Å². The van der Waals surface area contributed by atoms with E-state index in [0.29, 0.717) is 28.5 Å². The molecular weight excluding hydrogens is 416 g/mol. The maximum Gasteiger partial charge on any atom is 0.269 e. The lowest BCUT2D eigenvalue weighted by Gasteiger charge is -2.20. The van der Waals surface area contributed by atoms with Gasteiger partial charge in [-0.15, -0.1) is 0 Å². The average molecular weight is 434 g/mol. The zero-order chi connectivity index (χ0) is 21.8. The number of benzene rings is 2. The molecule has 0 radical (unpaired) electrons. The highest BCUT2D eigenvalue weighted by Crippen LogP contribution is 2.35. The van der Waals surface area contributed by atoms with Crippen LogP contribution in [-0.2, 0) is 17.8 Å². The number of carbonyl (C=O) groups excluding carboxylic acids is 1. The van der Waals surface area contributed by atoms with Crippen molar-refractivity contribution < 1.29 is 14.5 Å². The number of nitro benzene ring substituents is 1. The van der Waals surface area contributed by atoms with Gasteiger partial charge in [-0.05, 0) is 29.3 Å². The van der Waals surface area contributed by atoms with Gasteiger partial charge in [0.25, 0.3) is 5.69 Å². The SMILES string of the molecule is COc1cccc2sc(N(Cc3cccnc3)C(=O)Cc3ccc([N+](=O)[O-])cc3)nc12. The number of hydrogen-bond acceptors (Lipinski definition) is 7. The van der Waals surface area contributed by atoms with Crippen LogP contribution in [-0.4, -0.2) is 27.9 Å². The van der Waals surface area contributed by atoms with Crippen LogP contribution in [0.4, 0.5) is 10.8 Å². The number of nitrogens with zero attached hydrogens (tertiary/aromatic N) is 4. The number of carbonyl (C=O) groups is 1. The normalized spacial score (nSPS) is 10.7. The Bertz CT molecular complexity index is 1230. The third-order valence-corrected chi connectivity index (χ3v) is 5.73. The number of pyridine rings is 1. The van der Waals surface area contributed by atoms with Crippen LogP contribution in [0.5, 0.6) is 5.75 Å². The molecule has 2 aromatic heterocycles. The number of anilines is 1. The molecule has 8 nitrogen and oxygen atoms in total. The van der Waals surface area contributed by atoms with Gasteiger partial charge in [0.1, 0.15) is 11.3 Å². The molecule has 1 amide bonds. The molecule has 0 aliphatic rings. The van der Waals surface area contributed by atoms with Crippen LogP contribution < -0.4 is 9.64 Å². The number of para-hydroxylation sites is 1. The Kier molecular flexibility index (Phi) is 5.85. The van der Waals surface area contributed by atoms with Crippen molar-refractivity contribution in [1.82, 2.24) is 9.97 Å². The lowest BCUT2D eigenvalue weighted by atomic mass is 10.1. The zero-order valence-electron chi connectivity index (χ0n) is 16.6. The Morgan fingerprint density at radius 2 is 1.94 bits per heavy atom. The topological polar surface area (TPSA) is 98.5 Å². The van der Waals surface area contributed by atoms with E-state index < -0.39 is 4.92 Å². The Hall–Kier alpha value is -3.85. The van der Waals surface area contributed by atoms with Crippen molar-refractivity contribution in [2.24, 2.45) is 0 Å². The highest BCUT2D eigenvalue weighted by molar-refractivity contribution is 7.22. The average Bonchev–Trinajstić information content (AvgIpc) is 3.22. The van der Waals surface area contributed by atoms with E-state index in [0.717, 1.165) is 10.3 Å². The smallest absolute Gasteiger partial charge is 0.269 e. The van der Waals surface area contributed by atoms with Crippen LogP contribution in [0, 0.1) is 10.1 Å². The molecule has 156 valence electrons. The number of fused-ring (bicyclic) bond motifs is 1. The molecule has 0 spiro atoms. The first kappa shape index (κ1) is 20.4. The number of amides is 1. The van der Waals surface area contributed by atoms with Crippen molar-refractivity contribution in [1.29, 1.82) is 0 Å². The number of ether oxygens (including phenoxy) is 1. The van der Waals surface area contributed by atoms with E-state index in [4.69, 9.17) is 4.74 Å². The summed E-state index contributed by atoms with van der Waals surface area (Å²) in [5.74, 6) is 0.472. The number of hydrogen-bond donors (Lipinski definition) is 0. The number of rotatable bonds is 7. The quantitative estimate of drug-likeness (QED) is 0.316. The predicted octanol–water partition coefficient (Wildman–Crippen LogP) is 4.38. The first-order chi connectivity index (χ1) is 15.0. The van der Waals surface area contributed by atoms with E-state index in [1.165, 1.54) is 23.5 Å². The Labute approximate surface area is 181 Å². The van der Waals surface area contributed by atoms with Crippen molar-refractivity contribution >= 4 is 38.3 Å². The van der Waals surface area contributed by atoms with Crippen LogP contribution in [0.3, 0.4) is 0 Å². The minimum atomic E-state index is -0.463. The van der Waals surface area contributed by atoms with Crippen molar-refractivity contribution in [2.45, 2.75) is 13.0 Å². The summed E-state index contributed by atoms with van der Waals surface area (Å²) in [5, 5.41) is 11.4. The van der Waals surface area contributed by atoms with Crippen LogP contribution in [0.15, 0.2) is 67.0 Å². The van der Waals surface area contributed by atoms with Crippen LogP contribution in [0.1, 0.15) is 11.1 Å². The Morgan fingerprint density at radius 3 is 2.61 bits per heavy atom. The molecule has 4 rings (SSSR count). The Morgan fingerprint density at radius 1 is 1.13 bits per heavy atom. The number of non-ortho nitro benzene ring substituents is 1. The molecule has 0 unspecified atom stereocenters. The summed E-state index contributed by atoms with van der Waals surface area (Å²) in [7, 11) is 1.58. The predicted molar refractivity (Wildman–Crippen MR) is 118 cm³/mol. The summed E-state index contributed by atoms with van der Waals surface area (Å²) in [4.78, 5) is 34.1. The molecule has 0 saturated heterocycles. The summed E-state index contributed by atoms with van der Waals surface area (Å²) in [6, 6.07) is 15.3. The lowest BCUT2D eigenvalue weighted by molar-refractivity contribution is -0.384. The van der Waals surface area contributed by atoms with E-state index in [9.17, 15) is 14.9 Å². The third kappa shape index (κ3) is 4.51. The standard InChI is InChI=1S/C22H18N4O4S/c1-30-18-5-2-6-19-21(18)24-22(31-19)25(14-16-4-3-11-23-13-16)20(27)12-15-7-9-17(10-8-15)26(28)29/h2-11,13H,12,14H2,1H3. The molecule has 2 aromatic carbocycles. The van der Waals surface area contributed by atoms with Gasteiger partial charge < -0.3 is 4.74 Å². The van der Waals surface area contributed by atoms with Gasteiger partial charge in [-0.1, -0.05) is 35.6 Å². The zero-order valence-corrected chi connectivity index (χ0v) is 17.4. The molecule has 31 heavy (non-hydrogen) atoms. The van der Waals surface area contributed by atoms with Crippen LogP contribution in [0.2, 0.25) is 0 Å². The Balaban J connectivity index is 1.67. The van der Waals surface area contributed by atoms with Gasteiger partial charge in [0.2, 0.25) is 5.91 Å². The molecule has 2 heterocycles. The van der Waals surface area contributed by atoms with Gasteiger partial charge >= 0.3 is 0 Å². The van der Waals surface area contributed by atoms with Gasteiger partial charge in [0, 0.05) is 24.5 Å². The fraction of sp³-hybridized carbons (Fsp3) is 0.136. The number of aromatic nitrogens is 2. The molecule has 0 N–H and O–H groups in total. The fourth-order valence-corrected chi connectivity index (χ4v) is 4.13. The largest absolute Gasteiger partial charge is 0.494 e. The molecule has 4 aromatic rings. The second-order valence-electron chi connectivity index (χ2n) is 6.74. The van der Waals surface area contributed by atoms with Crippen LogP contribution in [0.25, 0.3) is 10.2 Å². The molecule has 9 heteroatoms. The number of thiazole rings is 1. The van der Waals surface area contributed by atoms with Gasteiger partial charge in [-0.25, -0.2) is 4.98 Å². The van der Waals surface area contributed by atoms with Crippen LogP contribution >= 0.6 is 11.3 Å². The van der Waals surface area contributed by atoms with Crippen molar-refractivity contribution in [3.8, 4) is 5.75 Å². The lowest BCUT2D eigenvalue weighted by Crippen LogP contribution is -2.31.